The number of hydrogen-bond donors (Lipinski definition) is 2. The maximum absolute atomic E-state index is 11.9. The van der Waals surface area contributed by atoms with Gasteiger partial charge in [0, 0.05) is 11.0 Å². The van der Waals surface area contributed by atoms with Crippen molar-refractivity contribution in [1.82, 2.24) is 5.32 Å². The molecule has 0 spiro atoms. The van der Waals surface area contributed by atoms with Crippen molar-refractivity contribution in [2.24, 2.45) is 5.14 Å². The zero-order valence-corrected chi connectivity index (χ0v) is 13.4. The van der Waals surface area contributed by atoms with E-state index in [-0.39, 0.29) is 20.0 Å². The van der Waals surface area contributed by atoms with Crippen LogP contribution in [0.5, 0.6) is 0 Å². The molecular weight excluding hydrogens is 356 g/mol. The van der Waals surface area contributed by atoms with Crippen LogP contribution >= 0.6 is 27.5 Å². The molecule has 19 heavy (non-hydrogen) atoms. The molecule has 1 rings (SSSR count). The van der Waals surface area contributed by atoms with Crippen LogP contribution in [-0.4, -0.2) is 20.9 Å². The van der Waals surface area contributed by atoms with Crippen LogP contribution in [0.25, 0.3) is 0 Å². The van der Waals surface area contributed by atoms with Crippen LogP contribution in [0.4, 0.5) is 0 Å². The van der Waals surface area contributed by atoms with Crippen molar-refractivity contribution in [2.75, 3.05) is 6.54 Å². The Bertz CT molecular complexity index is 590. The SMILES string of the molecule is CCCCNC(=O)c1cc(S(N)(=O)=O)c(Br)cc1Cl. The third-order valence-electron chi connectivity index (χ3n) is 2.39. The fourth-order valence-electron chi connectivity index (χ4n) is 1.40. The number of nitrogens with one attached hydrogen (secondary N) is 1. The van der Waals surface area contributed by atoms with Gasteiger partial charge in [-0.05, 0) is 34.5 Å². The second kappa shape index (κ2) is 6.69. The first kappa shape index (κ1) is 16.4. The summed E-state index contributed by atoms with van der Waals surface area (Å²) in [7, 11) is -3.92. The Morgan fingerprint density at radius 3 is 2.63 bits per heavy atom. The predicted octanol–water partition coefficient (Wildman–Crippen LogP) is 2.28. The van der Waals surface area contributed by atoms with Gasteiger partial charge in [0.25, 0.3) is 5.91 Å². The molecule has 0 atom stereocenters. The number of sulfonamides is 1. The van der Waals surface area contributed by atoms with Gasteiger partial charge in [0.1, 0.15) is 0 Å². The number of carbonyl (C=O) groups excluding carboxylic acids is 1. The summed E-state index contributed by atoms with van der Waals surface area (Å²) in [6, 6.07) is 2.51. The Morgan fingerprint density at radius 1 is 1.47 bits per heavy atom. The summed E-state index contributed by atoms with van der Waals surface area (Å²) in [5, 5.41) is 7.89. The molecule has 0 aromatic heterocycles. The van der Waals surface area contributed by atoms with Crippen LogP contribution in [-0.2, 0) is 10.0 Å². The van der Waals surface area contributed by atoms with Crippen molar-refractivity contribution in [1.29, 1.82) is 0 Å². The maximum atomic E-state index is 11.9. The van der Waals surface area contributed by atoms with Crippen LogP contribution in [0.3, 0.4) is 0 Å². The number of rotatable bonds is 5. The molecule has 5 nitrogen and oxygen atoms in total. The third-order valence-corrected chi connectivity index (χ3v) is 4.57. The summed E-state index contributed by atoms with van der Waals surface area (Å²) in [5.74, 6) is -0.421. The van der Waals surface area contributed by atoms with Crippen LogP contribution in [0.15, 0.2) is 21.5 Å². The van der Waals surface area contributed by atoms with Gasteiger partial charge in [0.2, 0.25) is 10.0 Å². The highest BCUT2D eigenvalue weighted by atomic mass is 79.9. The number of amides is 1. The number of unbranched alkanes of at least 4 members (excludes halogenated alkanes) is 1. The fraction of sp³-hybridized carbons (Fsp3) is 0.364. The maximum Gasteiger partial charge on any atom is 0.252 e. The van der Waals surface area contributed by atoms with Gasteiger partial charge in [0.15, 0.2) is 0 Å². The summed E-state index contributed by atoms with van der Waals surface area (Å²) < 4.78 is 23.0. The topological polar surface area (TPSA) is 89.3 Å². The molecule has 8 heteroatoms. The highest BCUT2D eigenvalue weighted by molar-refractivity contribution is 9.10. The van der Waals surface area contributed by atoms with Gasteiger partial charge in [-0.15, -0.1) is 0 Å². The third kappa shape index (κ3) is 4.45. The van der Waals surface area contributed by atoms with Crippen LogP contribution in [0.2, 0.25) is 5.02 Å². The van der Waals surface area contributed by atoms with Crippen molar-refractivity contribution < 1.29 is 13.2 Å². The van der Waals surface area contributed by atoms with E-state index in [0.29, 0.717) is 6.54 Å². The minimum atomic E-state index is -3.92. The molecule has 0 fully saturated rings. The summed E-state index contributed by atoms with van der Waals surface area (Å²) in [6.07, 6.45) is 1.78. The van der Waals surface area contributed by atoms with Crippen LogP contribution in [0, 0.1) is 0 Å². The molecule has 0 aliphatic carbocycles. The van der Waals surface area contributed by atoms with Gasteiger partial charge in [-0.3, -0.25) is 4.79 Å². The second-order valence-electron chi connectivity index (χ2n) is 3.92. The molecule has 0 aliphatic heterocycles. The highest BCUT2D eigenvalue weighted by Crippen LogP contribution is 2.28. The van der Waals surface area contributed by atoms with E-state index in [9.17, 15) is 13.2 Å². The summed E-state index contributed by atoms with van der Waals surface area (Å²) in [5.41, 5.74) is 0.0880. The Morgan fingerprint density at radius 2 is 2.11 bits per heavy atom. The van der Waals surface area contributed by atoms with Gasteiger partial charge in [-0.25, -0.2) is 13.6 Å². The molecule has 0 bridgehead atoms. The van der Waals surface area contributed by atoms with Gasteiger partial charge in [0.05, 0.1) is 15.5 Å². The molecule has 1 aromatic rings. The monoisotopic (exact) mass is 368 g/mol. The smallest absolute Gasteiger partial charge is 0.252 e. The molecule has 0 aliphatic rings. The lowest BCUT2D eigenvalue weighted by Gasteiger charge is -2.09. The molecule has 0 saturated heterocycles. The van der Waals surface area contributed by atoms with Crippen molar-refractivity contribution in [2.45, 2.75) is 24.7 Å². The van der Waals surface area contributed by atoms with E-state index < -0.39 is 15.9 Å². The summed E-state index contributed by atoms with van der Waals surface area (Å²) >= 11 is 8.99. The largest absolute Gasteiger partial charge is 0.352 e. The van der Waals surface area contributed by atoms with E-state index >= 15 is 0 Å². The average Bonchev–Trinajstić information content (AvgIpc) is 2.27. The number of primary sulfonamides is 1. The second-order valence-corrected chi connectivity index (χ2v) is 6.71. The number of hydrogen-bond acceptors (Lipinski definition) is 3. The minimum Gasteiger partial charge on any atom is -0.352 e. The molecular formula is C11H14BrClN2O3S. The standard InChI is InChI=1S/C11H14BrClN2O3S/c1-2-3-4-15-11(16)7-5-10(19(14,17)18)8(12)6-9(7)13/h5-6H,2-4H2,1H3,(H,15,16)(H2,14,17,18). The zero-order chi connectivity index (χ0) is 14.6. The quantitative estimate of drug-likeness (QED) is 0.780. The highest BCUT2D eigenvalue weighted by Gasteiger charge is 2.19. The zero-order valence-electron chi connectivity index (χ0n) is 10.2. The number of halogens is 2. The number of nitrogens with two attached hydrogens (primary N) is 1. The van der Waals surface area contributed by atoms with Crippen LogP contribution < -0.4 is 10.5 Å². The van der Waals surface area contributed by atoms with Crippen molar-refractivity contribution in [3.63, 3.8) is 0 Å². The molecule has 0 saturated carbocycles. The molecule has 0 unspecified atom stereocenters. The Balaban J connectivity index is 3.11. The van der Waals surface area contributed by atoms with Gasteiger partial charge < -0.3 is 5.32 Å². The molecule has 1 amide bonds. The van der Waals surface area contributed by atoms with Gasteiger partial charge in [-0.2, -0.15) is 0 Å². The van der Waals surface area contributed by atoms with Crippen molar-refractivity contribution in [3.8, 4) is 0 Å². The predicted molar refractivity (Wildman–Crippen MR) is 77.8 cm³/mol. The Kier molecular flexibility index (Phi) is 5.79. The molecule has 1 aromatic carbocycles. The van der Waals surface area contributed by atoms with Crippen LogP contribution in [0.1, 0.15) is 30.1 Å². The number of benzene rings is 1. The van der Waals surface area contributed by atoms with Gasteiger partial charge >= 0.3 is 0 Å². The molecule has 3 N–H and O–H groups in total. The van der Waals surface area contributed by atoms with E-state index in [1.54, 1.807) is 0 Å². The van der Waals surface area contributed by atoms with E-state index in [1.807, 2.05) is 6.92 Å². The Labute approximate surface area is 125 Å². The lowest BCUT2D eigenvalue weighted by molar-refractivity contribution is 0.0953. The van der Waals surface area contributed by atoms with Gasteiger partial charge in [-0.1, -0.05) is 24.9 Å². The van der Waals surface area contributed by atoms with Crippen molar-refractivity contribution in [3.05, 3.63) is 27.2 Å². The summed E-state index contributed by atoms with van der Waals surface area (Å²) in [6.45, 7) is 2.50. The average molecular weight is 370 g/mol. The Hall–Kier alpha value is -0.630. The molecule has 0 radical (unpaired) electrons. The lowest BCUT2D eigenvalue weighted by Crippen LogP contribution is -2.25. The lowest BCUT2D eigenvalue weighted by atomic mass is 10.2. The van der Waals surface area contributed by atoms with E-state index in [2.05, 4.69) is 21.2 Å². The fourth-order valence-corrected chi connectivity index (χ4v) is 3.41. The molecule has 0 heterocycles. The first-order chi connectivity index (χ1) is 8.77. The number of carbonyl (C=O) groups is 1. The molecule has 106 valence electrons. The first-order valence-corrected chi connectivity index (χ1v) is 8.29. The van der Waals surface area contributed by atoms with Crippen molar-refractivity contribution >= 4 is 43.5 Å². The normalized spacial score (nSPS) is 11.4. The van der Waals surface area contributed by atoms with E-state index in [4.69, 9.17) is 16.7 Å². The van der Waals surface area contributed by atoms with E-state index in [0.717, 1.165) is 12.8 Å². The summed E-state index contributed by atoms with van der Waals surface area (Å²) in [4.78, 5) is 11.7. The van der Waals surface area contributed by atoms with E-state index in [1.165, 1.54) is 12.1 Å². The minimum absolute atomic E-state index is 0.0880. The first-order valence-electron chi connectivity index (χ1n) is 5.57.